The molecule has 9 aromatic rings. The van der Waals surface area contributed by atoms with Gasteiger partial charge in [0.05, 0.1) is 46.0 Å². The molecule has 0 spiro atoms. The first-order valence-corrected chi connectivity index (χ1v) is 29.9. The summed E-state index contributed by atoms with van der Waals surface area (Å²) in [6.45, 7) is 16.7. The first-order chi connectivity index (χ1) is 42.7. The number of fused-ring (bicyclic) bond motifs is 3. The van der Waals surface area contributed by atoms with Crippen LogP contribution >= 0.6 is 46.4 Å². The molecular weight excluding hydrogens is 1320 g/mol. The fourth-order valence-electron chi connectivity index (χ4n) is 10.7. The summed E-state index contributed by atoms with van der Waals surface area (Å²) in [6, 6.07) is 14.8. The first kappa shape index (κ1) is 75.0. The molecule has 3 fully saturated rings. The van der Waals surface area contributed by atoms with E-state index in [9.17, 15) is 27.6 Å². The molecule has 30 heteroatoms. The van der Waals surface area contributed by atoms with Crippen molar-refractivity contribution in [2.75, 3.05) is 79.5 Å². The quantitative estimate of drug-likeness (QED) is 0.0721. The molecular formula is C61H66Cl4F3K2N15O6. The molecule has 3 saturated heterocycles. The number of aromatic nitrogens is 9. The number of carbonyl (C=O) groups is 4. The van der Waals surface area contributed by atoms with E-state index >= 15 is 0 Å². The summed E-state index contributed by atoms with van der Waals surface area (Å²) in [6.07, 6.45) is 15.6. The topological polar surface area (TPSA) is 223 Å². The third-order valence-electron chi connectivity index (χ3n) is 15.3. The molecule has 91 heavy (non-hydrogen) atoms. The molecule has 0 aliphatic carbocycles. The molecule has 12 rings (SSSR count). The van der Waals surface area contributed by atoms with Gasteiger partial charge in [-0.15, -0.1) is 11.6 Å². The molecule has 3 aliphatic heterocycles. The molecule has 21 nitrogen and oxygen atoms in total. The Bertz CT molecular complexity index is 3880. The van der Waals surface area contributed by atoms with Gasteiger partial charge in [-0.05, 0) is 113 Å². The average Bonchev–Trinajstić information content (AvgIpc) is 1.10. The van der Waals surface area contributed by atoms with Crippen LogP contribution in [0.5, 0.6) is 0 Å². The average molecular weight is 1380 g/mol. The van der Waals surface area contributed by atoms with E-state index in [4.69, 9.17) is 56.5 Å². The van der Waals surface area contributed by atoms with E-state index in [2.05, 4.69) is 40.2 Å². The van der Waals surface area contributed by atoms with Gasteiger partial charge in [0.25, 0.3) is 6.47 Å². The first-order valence-electron chi connectivity index (χ1n) is 28.2. The number of amides is 3. The van der Waals surface area contributed by atoms with Crippen LogP contribution in [0, 0.1) is 38.2 Å². The predicted octanol–water partition coefficient (Wildman–Crippen LogP) is 3.12. The summed E-state index contributed by atoms with van der Waals surface area (Å²) in [5, 5.41) is 28.0. The van der Waals surface area contributed by atoms with E-state index < -0.39 is 0 Å². The van der Waals surface area contributed by atoms with E-state index in [1.165, 1.54) is 18.2 Å². The van der Waals surface area contributed by atoms with Gasteiger partial charge >= 0.3 is 103 Å². The molecule has 472 valence electrons. The van der Waals surface area contributed by atoms with Gasteiger partial charge in [-0.25, -0.2) is 13.2 Å². The normalized spacial score (nSPS) is 16.2. The molecule has 3 aliphatic rings. The minimum absolute atomic E-state index is 0. The predicted molar refractivity (Wildman–Crippen MR) is 337 cm³/mol. The van der Waals surface area contributed by atoms with Crippen molar-refractivity contribution in [1.29, 1.82) is 0 Å². The summed E-state index contributed by atoms with van der Waals surface area (Å²) < 4.78 is 46.1. The number of rotatable bonds is 9. The number of nitrogens with zero attached hydrogens (tertiary/aromatic N) is 14. The number of piperazine rings is 3. The Morgan fingerprint density at radius 3 is 1.48 bits per heavy atom. The molecule has 0 saturated carbocycles. The summed E-state index contributed by atoms with van der Waals surface area (Å²) >= 11 is 23.5. The summed E-state index contributed by atoms with van der Waals surface area (Å²) in [7, 11) is 0. The number of hydrogen-bond donors (Lipinski definition) is 1. The van der Waals surface area contributed by atoms with Crippen LogP contribution in [0.3, 0.4) is 0 Å². The van der Waals surface area contributed by atoms with Crippen molar-refractivity contribution in [3.8, 4) is 0 Å². The number of H-pyrrole nitrogens is 1. The van der Waals surface area contributed by atoms with Gasteiger partial charge < -0.3 is 41.0 Å². The molecule has 0 radical (unpaired) electrons. The second kappa shape index (κ2) is 35.5. The third-order valence-corrected chi connectivity index (χ3v) is 16.8. The van der Waals surface area contributed by atoms with Crippen LogP contribution in [0.25, 0.3) is 32.7 Å². The summed E-state index contributed by atoms with van der Waals surface area (Å²) in [5.74, 6) is -1.09. The number of aromatic amines is 1. The van der Waals surface area contributed by atoms with Crippen LogP contribution < -0.4 is 123 Å². The van der Waals surface area contributed by atoms with Crippen LogP contribution in [0.2, 0.25) is 15.1 Å². The van der Waals surface area contributed by atoms with Gasteiger partial charge in [0, 0.05) is 152 Å². The van der Waals surface area contributed by atoms with E-state index in [1.807, 2.05) is 90.4 Å². The maximum absolute atomic E-state index is 14.4. The zero-order chi connectivity index (χ0) is 64.1. The monoisotopic (exact) mass is 1380 g/mol. The number of halogens is 7. The maximum Gasteiger partial charge on any atom is 1.00 e. The van der Waals surface area contributed by atoms with E-state index in [0.29, 0.717) is 91.0 Å². The molecule has 3 atom stereocenters. The molecule has 9 heterocycles. The number of benzene rings is 3. The number of nitrogens with one attached hydrogen (secondary N) is 1. The van der Waals surface area contributed by atoms with Crippen molar-refractivity contribution in [2.45, 2.75) is 72.8 Å². The smallest absolute Gasteiger partial charge is 1.00 e. The van der Waals surface area contributed by atoms with Gasteiger partial charge in [0.15, 0.2) is 0 Å². The van der Waals surface area contributed by atoms with Crippen molar-refractivity contribution >= 4 is 120 Å². The van der Waals surface area contributed by atoms with Crippen molar-refractivity contribution in [3.63, 3.8) is 0 Å². The third kappa shape index (κ3) is 19.6. The second-order valence-corrected chi connectivity index (χ2v) is 23.0. The van der Waals surface area contributed by atoms with Crippen molar-refractivity contribution in [1.82, 2.24) is 59.4 Å². The number of aryl methyl sites for hydroxylation is 3. The van der Waals surface area contributed by atoms with E-state index in [0.717, 1.165) is 49.4 Å². The van der Waals surface area contributed by atoms with Crippen molar-refractivity contribution in [3.05, 3.63) is 160 Å². The molecule has 0 unspecified atom stereocenters. The molecule has 3 amide bonds. The second-order valence-electron chi connectivity index (χ2n) is 21.5. The standard InChI is InChI=1S/2C20H21ClFN5O.C14H17Cl2FN2O.C6H5N3.CH2O3.2K.H/c1-13-7-19(17(22)8-16(13)21)25-5-6-26(14(2)11-25)20(28)12-27-18-3-4-23-9-15(18)10-24-27;1-13-7-19(17(22)8-16(13)21)25-5-6-27(14(2)10-25)20(28)12-26-11-15-9-23-4-3-18(15)24-26;1-9-5-13(12(17)6-11(9)16)18-3-4-19(10(2)8-18)14(20)7-15;1-2-7-3-5-4-8-9-6(1)5;2-1-4-3;;;/h3-4,7-10,14H,5-6,11-12H2,1-2H3;3-4,7-9,11,14H,5-6,10,12H2,1-2H3;5-6,10H,3-4,7-8H2,1-2H3;1-4H,(H,8,9);1,3H;;;/q;;;;;2*+1;-1/p-1/t2*14-;10-;;;;;/m000...../s1. The Morgan fingerprint density at radius 2 is 1.04 bits per heavy atom. The minimum Gasteiger partial charge on any atom is -1.00 e. The molecule has 6 aromatic heterocycles. The van der Waals surface area contributed by atoms with Crippen LogP contribution in [0.4, 0.5) is 30.2 Å². The number of pyridine rings is 3. The Hall–Kier alpha value is -5.02. The van der Waals surface area contributed by atoms with Crippen LogP contribution in [-0.2, 0) is 37.2 Å². The van der Waals surface area contributed by atoms with Crippen molar-refractivity contribution in [2.24, 2.45) is 0 Å². The molecule has 0 bridgehead atoms. The van der Waals surface area contributed by atoms with E-state index in [-0.39, 0.29) is 183 Å². The Labute approximate surface area is 630 Å². The SMILES string of the molecule is Cc1cc(N2CCN(C(=O)CCl)[C@@H](C)C2)c(F)cc1Cl.Cc1cc(N2CCN(C(=O)Cn3cc4cnccc4n3)[C@@H](C)C2)c(F)cc1Cl.Cc1cc(N2CCN(C(=O)Cn3ncc4cnccc43)[C@@H](C)C2)c(F)cc1Cl.O=CO[O-].[H-].[K+].[K+].c1cc2[nH]ncc2cn1. The van der Waals surface area contributed by atoms with Crippen LogP contribution in [0.1, 0.15) is 38.9 Å². The largest absolute Gasteiger partial charge is 1.00 e. The zero-order valence-electron chi connectivity index (χ0n) is 52.5. The summed E-state index contributed by atoms with van der Waals surface area (Å²) in [5.41, 5.74) is 6.85. The Morgan fingerprint density at radius 1 is 0.615 bits per heavy atom. The fraction of sp³-hybridized carbons (Fsp3) is 0.344. The zero-order valence-corrected chi connectivity index (χ0v) is 60.8. The molecule has 3 aromatic carbocycles. The Balaban J connectivity index is 0.000000226. The minimum atomic E-state index is -0.334. The Kier molecular flexibility index (Phi) is 29.2. The van der Waals surface area contributed by atoms with Gasteiger partial charge in [-0.3, -0.25) is 48.6 Å². The fourth-order valence-corrected chi connectivity index (χ4v) is 11.3. The summed E-state index contributed by atoms with van der Waals surface area (Å²) in [4.78, 5) is 72.0. The van der Waals surface area contributed by atoms with Gasteiger partial charge in [-0.2, -0.15) is 15.3 Å². The number of carbonyl (C=O) groups excluding carboxylic acids is 4. The van der Waals surface area contributed by atoms with Crippen molar-refractivity contribution < 1.29 is 147 Å². The molecule has 1 N–H and O–H groups in total. The number of anilines is 3. The van der Waals surface area contributed by atoms with Crippen LogP contribution in [-0.4, -0.2) is 167 Å². The van der Waals surface area contributed by atoms with Gasteiger partial charge in [0.1, 0.15) is 36.4 Å². The van der Waals surface area contributed by atoms with Gasteiger partial charge in [-0.1, -0.05) is 34.8 Å². The number of alkyl halides is 1. The van der Waals surface area contributed by atoms with E-state index in [1.54, 1.807) is 82.0 Å². The van der Waals surface area contributed by atoms with Gasteiger partial charge in [0.2, 0.25) is 17.7 Å². The number of hydrogen-bond acceptors (Lipinski definition) is 15. The maximum atomic E-state index is 14.4. The van der Waals surface area contributed by atoms with Crippen LogP contribution in [0.15, 0.2) is 110 Å².